The molecule has 0 radical (unpaired) electrons. The van der Waals surface area contributed by atoms with E-state index in [2.05, 4.69) is 17.0 Å². The molecule has 25 heavy (non-hydrogen) atoms. The molecule has 1 atom stereocenters. The average molecular weight is 340 g/mol. The molecule has 0 spiro atoms. The molecule has 1 unspecified atom stereocenters. The summed E-state index contributed by atoms with van der Waals surface area (Å²) in [6, 6.07) is 13.0. The molecule has 1 aromatic heterocycles. The Labute approximate surface area is 147 Å². The molecule has 132 valence electrons. The second kappa shape index (κ2) is 7.61. The SMILES string of the molecule is CN1CCCC(N(C)C(=O)Cn2nc(-c3ccccc3)ccc2=O)C1. The van der Waals surface area contributed by atoms with Gasteiger partial charge in [0.1, 0.15) is 6.54 Å². The van der Waals surface area contributed by atoms with Gasteiger partial charge >= 0.3 is 0 Å². The molecule has 1 saturated heterocycles. The summed E-state index contributed by atoms with van der Waals surface area (Å²) in [6.07, 6.45) is 2.08. The highest BCUT2D eigenvalue weighted by Gasteiger charge is 2.24. The molecule has 2 aromatic rings. The summed E-state index contributed by atoms with van der Waals surface area (Å²) in [7, 11) is 3.89. The average Bonchev–Trinajstić information content (AvgIpc) is 2.63. The zero-order valence-electron chi connectivity index (χ0n) is 14.8. The topological polar surface area (TPSA) is 58.4 Å². The van der Waals surface area contributed by atoms with Gasteiger partial charge in [-0.1, -0.05) is 30.3 Å². The fraction of sp³-hybridized carbons (Fsp3) is 0.421. The smallest absolute Gasteiger partial charge is 0.267 e. The van der Waals surface area contributed by atoms with Gasteiger partial charge in [-0.15, -0.1) is 0 Å². The van der Waals surface area contributed by atoms with Gasteiger partial charge in [-0.05, 0) is 32.5 Å². The first kappa shape index (κ1) is 17.4. The van der Waals surface area contributed by atoms with Crippen LogP contribution < -0.4 is 5.56 Å². The maximum atomic E-state index is 12.6. The third-order valence-electron chi connectivity index (χ3n) is 4.76. The Bertz CT molecular complexity index is 788. The third-order valence-corrected chi connectivity index (χ3v) is 4.76. The molecule has 1 aromatic carbocycles. The number of aromatic nitrogens is 2. The van der Waals surface area contributed by atoms with E-state index in [0.717, 1.165) is 31.5 Å². The molecule has 0 saturated carbocycles. The molecule has 3 rings (SSSR count). The molecule has 2 heterocycles. The number of likely N-dealkylation sites (tertiary alicyclic amines) is 1. The molecule has 6 heteroatoms. The number of nitrogens with zero attached hydrogens (tertiary/aromatic N) is 4. The minimum Gasteiger partial charge on any atom is -0.340 e. The Hall–Kier alpha value is -2.47. The van der Waals surface area contributed by atoms with Crippen LogP contribution in [0.3, 0.4) is 0 Å². The number of rotatable bonds is 4. The summed E-state index contributed by atoms with van der Waals surface area (Å²) in [4.78, 5) is 28.7. The molecule has 0 bridgehead atoms. The van der Waals surface area contributed by atoms with Gasteiger partial charge in [-0.2, -0.15) is 5.10 Å². The molecule has 1 fully saturated rings. The number of likely N-dealkylation sites (N-methyl/N-ethyl adjacent to an activating group) is 2. The van der Waals surface area contributed by atoms with Crippen molar-refractivity contribution in [1.29, 1.82) is 0 Å². The molecular formula is C19H24N4O2. The van der Waals surface area contributed by atoms with Crippen molar-refractivity contribution in [2.45, 2.75) is 25.4 Å². The van der Waals surface area contributed by atoms with Crippen LogP contribution in [0.4, 0.5) is 0 Å². The number of carbonyl (C=O) groups is 1. The monoisotopic (exact) mass is 340 g/mol. The van der Waals surface area contributed by atoms with E-state index in [1.54, 1.807) is 11.0 Å². The van der Waals surface area contributed by atoms with Crippen LogP contribution in [-0.4, -0.2) is 58.7 Å². The van der Waals surface area contributed by atoms with E-state index in [0.29, 0.717) is 5.69 Å². The zero-order chi connectivity index (χ0) is 17.8. The Morgan fingerprint density at radius 1 is 1.24 bits per heavy atom. The van der Waals surface area contributed by atoms with Crippen molar-refractivity contribution in [1.82, 2.24) is 19.6 Å². The van der Waals surface area contributed by atoms with E-state index in [4.69, 9.17) is 0 Å². The molecule has 1 amide bonds. The summed E-state index contributed by atoms with van der Waals surface area (Å²) in [6.45, 7) is 1.91. The van der Waals surface area contributed by atoms with Gasteiger partial charge in [0.15, 0.2) is 0 Å². The van der Waals surface area contributed by atoms with E-state index in [9.17, 15) is 9.59 Å². The second-order valence-corrected chi connectivity index (χ2v) is 6.64. The molecule has 0 N–H and O–H groups in total. The van der Waals surface area contributed by atoms with Gasteiger partial charge in [-0.25, -0.2) is 4.68 Å². The Morgan fingerprint density at radius 3 is 2.72 bits per heavy atom. The second-order valence-electron chi connectivity index (χ2n) is 6.64. The molecular weight excluding hydrogens is 316 g/mol. The first-order valence-electron chi connectivity index (χ1n) is 8.62. The van der Waals surface area contributed by atoms with Gasteiger partial charge in [-0.3, -0.25) is 9.59 Å². The Morgan fingerprint density at radius 2 is 2.00 bits per heavy atom. The first-order valence-corrected chi connectivity index (χ1v) is 8.62. The molecule has 0 aliphatic carbocycles. The van der Waals surface area contributed by atoms with Crippen LogP contribution >= 0.6 is 0 Å². The van der Waals surface area contributed by atoms with Crippen molar-refractivity contribution >= 4 is 5.91 Å². The summed E-state index contributed by atoms with van der Waals surface area (Å²) in [5.41, 5.74) is 1.35. The van der Waals surface area contributed by atoms with Crippen LogP contribution in [0.2, 0.25) is 0 Å². The maximum absolute atomic E-state index is 12.6. The summed E-state index contributed by atoms with van der Waals surface area (Å²) < 4.78 is 1.26. The van der Waals surface area contributed by atoms with E-state index >= 15 is 0 Å². The lowest BCUT2D eigenvalue weighted by atomic mass is 10.1. The van der Waals surface area contributed by atoms with Crippen LogP contribution in [0.1, 0.15) is 12.8 Å². The number of hydrogen-bond donors (Lipinski definition) is 0. The largest absolute Gasteiger partial charge is 0.340 e. The normalized spacial score (nSPS) is 18.1. The number of carbonyl (C=O) groups excluding carboxylic acids is 1. The first-order chi connectivity index (χ1) is 12.0. The van der Waals surface area contributed by atoms with E-state index in [1.807, 2.05) is 37.4 Å². The fourth-order valence-electron chi connectivity index (χ4n) is 3.22. The van der Waals surface area contributed by atoms with Crippen LogP contribution in [-0.2, 0) is 11.3 Å². The van der Waals surface area contributed by atoms with Crippen LogP contribution in [0.5, 0.6) is 0 Å². The van der Waals surface area contributed by atoms with Gasteiger partial charge < -0.3 is 9.80 Å². The standard InChI is InChI=1S/C19H24N4O2/c1-21-12-6-9-16(13-21)22(2)19(25)14-23-18(24)11-10-17(20-23)15-7-4-3-5-8-15/h3-5,7-8,10-11,16H,6,9,12-14H2,1-2H3. The van der Waals surface area contributed by atoms with Crippen LogP contribution in [0, 0.1) is 0 Å². The minimum absolute atomic E-state index is 0.0315. The van der Waals surface area contributed by atoms with Crippen molar-refractivity contribution in [2.24, 2.45) is 0 Å². The predicted molar refractivity (Wildman–Crippen MR) is 97.2 cm³/mol. The van der Waals surface area contributed by atoms with E-state index in [1.165, 1.54) is 10.7 Å². The Balaban J connectivity index is 1.75. The Kier molecular flexibility index (Phi) is 5.28. The van der Waals surface area contributed by atoms with Gasteiger partial charge in [0.25, 0.3) is 5.56 Å². The number of hydrogen-bond acceptors (Lipinski definition) is 4. The number of piperidine rings is 1. The summed E-state index contributed by atoms with van der Waals surface area (Å²) >= 11 is 0. The number of benzene rings is 1. The van der Waals surface area contributed by atoms with Crippen LogP contribution in [0.25, 0.3) is 11.3 Å². The highest BCUT2D eigenvalue weighted by molar-refractivity contribution is 5.76. The lowest BCUT2D eigenvalue weighted by Gasteiger charge is -2.35. The quantitative estimate of drug-likeness (QED) is 0.846. The van der Waals surface area contributed by atoms with Gasteiger partial charge in [0, 0.05) is 31.3 Å². The van der Waals surface area contributed by atoms with Crippen molar-refractivity contribution < 1.29 is 4.79 Å². The van der Waals surface area contributed by atoms with Crippen molar-refractivity contribution in [3.05, 3.63) is 52.8 Å². The van der Waals surface area contributed by atoms with E-state index in [-0.39, 0.29) is 24.1 Å². The maximum Gasteiger partial charge on any atom is 0.267 e. The van der Waals surface area contributed by atoms with Crippen molar-refractivity contribution in [3.63, 3.8) is 0 Å². The minimum atomic E-state index is -0.262. The highest BCUT2D eigenvalue weighted by Crippen LogP contribution is 2.15. The number of amides is 1. The molecule has 1 aliphatic heterocycles. The summed E-state index contributed by atoms with van der Waals surface area (Å²) in [5, 5.41) is 4.37. The fourth-order valence-corrected chi connectivity index (χ4v) is 3.22. The predicted octanol–water partition coefficient (Wildman–Crippen LogP) is 1.46. The van der Waals surface area contributed by atoms with Gasteiger partial charge in [0.2, 0.25) is 5.91 Å². The van der Waals surface area contributed by atoms with Gasteiger partial charge in [0.05, 0.1) is 5.69 Å². The third kappa shape index (κ3) is 4.14. The van der Waals surface area contributed by atoms with Crippen LogP contribution in [0.15, 0.2) is 47.3 Å². The van der Waals surface area contributed by atoms with E-state index < -0.39 is 0 Å². The lowest BCUT2D eigenvalue weighted by molar-refractivity contribution is -0.133. The van der Waals surface area contributed by atoms with Crippen molar-refractivity contribution in [2.75, 3.05) is 27.2 Å². The molecule has 6 nitrogen and oxygen atoms in total. The van der Waals surface area contributed by atoms with Crippen molar-refractivity contribution in [3.8, 4) is 11.3 Å². The zero-order valence-corrected chi connectivity index (χ0v) is 14.8. The summed E-state index contributed by atoms with van der Waals surface area (Å²) in [5.74, 6) is -0.0832. The highest BCUT2D eigenvalue weighted by atomic mass is 16.2. The molecule has 1 aliphatic rings. The lowest BCUT2D eigenvalue weighted by Crippen LogP contribution is -2.48.